The van der Waals surface area contributed by atoms with Crippen molar-refractivity contribution in [2.24, 2.45) is 5.16 Å². The molecule has 0 aliphatic carbocycles. The van der Waals surface area contributed by atoms with Crippen LogP contribution in [0.1, 0.15) is 5.82 Å². The average molecular weight is 568 g/mol. The number of nitrogens with one attached hydrogen (secondary N) is 1. The van der Waals surface area contributed by atoms with E-state index in [2.05, 4.69) is 24.7 Å². The van der Waals surface area contributed by atoms with E-state index in [1.54, 1.807) is 0 Å². The maximum absolute atomic E-state index is 12.7. The molecular formula is C14H13IN6O7S2. The molecule has 2 aliphatic rings. The summed E-state index contributed by atoms with van der Waals surface area (Å²) in [5.41, 5.74) is 5.60. The number of rotatable bonds is 8. The molecule has 0 spiro atoms. The second-order valence-electron chi connectivity index (χ2n) is 5.82. The third-order valence-corrected chi connectivity index (χ3v) is 6.71. The molecule has 1 aromatic heterocycles. The first-order valence-corrected chi connectivity index (χ1v) is 11.4. The van der Waals surface area contributed by atoms with Crippen LogP contribution in [0.5, 0.6) is 0 Å². The number of anilines is 1. The third-order valence-electron chi connectivity index (χ3n) is 3.91. The van der Waals surface area contributed by atoms with Gasteiger partial charge in [0, 0.05) is 21.7 Å². The lowest BCUT2D eigenvalue weighted by Crippen LogP contribution is -2.71. The van der Waals surface area contributed by atoms with E-state index in [-0.39, 0.29) is 16.7 Å². The second kappa shape index (κ2) is 9.13. The van der Waals surface area contributed by atoms with E-state index in [0.717, 1.165) is 16.4 Å². The number of aliphatic carboxylic acids is 2. The van der Waals surface area contributed by atoms with Crippen molar-refractivity contribution in [1.29, 1.82) is 0 Å². The molecule has 30 heavy (non-hydrogen) atoms. The summed E-state index contributed by atoms with van der Waals surface area (Å²) in [7, 11) is 0. The standard InChI is InChI=1S/C14H13IN6O7S2/c15-1-4-3-29-12-7(11(25)21(12)8(4)13(26)27)17-10(24)6(19-28-2-5(22)23)9-18-14(16)30-20-9/h7,12H,1-3H2,(H,17,24)(H,22,23)(H,26,27)(H2,16,18,20)/b19-6-/t7-,12-/m1/s1. The number of nitrogens with zero attached hydrogens (tertiary/aromatic N) is 4. The Bertz CT molecular complexity index is 980. The number of carbonyl (C=O) groups is 4. The van der Waals surface area contributed by atoms with Gasteiger partial charge in [-0.2, -0.15) is 9.36 Å². The molecule has 1 aromatic rings. The number of thioether (sulfide) groups is 1. The topological polar surface area (TPSA) is 197 Å². The summed E-state index contributed by atoms with van der Waals surface area (Å²) in [5.74, 6) is -3.80. The van der Waals surface area contributed by atoms with Crippen molar-refractivity contribution in [2.75, 3.05) is 22.5 Å². The van der Waals surface area contributed by atoms with E-state index in [9.17, 15) is 24.3 Å². The number of β-lactam (4-membered cyclic amide) rings is 1. The minimum atomic E-state index is -1.31. The molecule has 0 radical (unpaired) electrons. The molecule has 0 aromatic carbocycles. The van der Waals surface area contributed by atoms with Gasteiger partial charge in [0.25, 0.3) is 11.8 Å². The van der Waals surface area contributed by atoms with Crippen LogP contribution in [0.25, 0.3) is 0 Å². The van der Waals surface area contributed by atoms with Crippen LogP contribution in [0.4, 0.5) is 5.13 Å². The monoisotopic (exact) mass is 568 g/mol. The van der Waals surface area contributed by atoms with E-state index in [0.29, 0.717) is 15.8 Å². The van der Waals surface area contributed by atoms with Gasteiger partial charge in [-0.25, -0.2) is 9.59 Å². The normalized spacial score (nSPS) is 21.0. The fourth-order valence-electron chi connectivity index (χ4n) is 2.66. The number of carboxylic acids is 2. The lowest BCUT2D eigenvalue weighted by atomic mass is 10.0. The lowest BCUT2D eigenvalue weighted by Gasteiger charge is -2.49. The Hall–Kier alpha value is -2.47. The van der Waals surface area contributed by atoms with E-state index >= 15 is 0 Å². The highest BCUT2D eigenvalue weighted by Crippen LogP contribution is 2.40. The predicted molar refractivity (Wildman–Crippen MR) is 113 cm³/mol. The number of aromatic nitrogens is 2. The van der Waals surface area contributed by atoms with Gasteiger partial charge in [-0.15, -0.1) is 11.8 Å². The van der Waals surface area contributed by atoms with Gasteiger partial charge in [0.15, 0.2) is 5.13 Å². The number of oxime groups is 1. The average Bonchev–Trinajstić information content (AvgIpc) is 3.13. The van der Waals surface area contributed by atoms with Gasteiger partial charge in [0.05, 0.1) is 0 Å². The van der Waals surface area contributed by atoms with Crippen LogP contribution in [0.3, 0.4) is 0 Å². The smallest absolute Gasteiger partial charge is 0.352 e. The van der Waals surface area contributed by atoms with Crippen LogP contribution in [-0.2, 0) is 24.0 Å². The predicted octanol–water partition coefficient (Wildman–Crippen LogP) is -0.901. The highest BCUT2D eigenvalue weighted by molar-refractivity contribution is 14.1. The molecule has 2 amide bonds. The Morgan fingerprint density at radius 1 is 1.40 bits per heavy atom. The van der Waals surface area contributed by atoms with E-state index in [1.807, 2.05) is 22.6 Å². The minimum Gasteiger partial charge on any atom is -0.479 e. The summed E-state index contributed by atoms with van der Waals surface area (Å²) in [6.45, 7) is -0.809. The van der Waals surface area contributed by atoms with Crippen LogP contribution in [-0.4, -0.2) is 82.1 Å². The SMILES string of the molecule is Nc1nc(/C(=N/OCC(=O)O)C(=O)N[C@@H]2C(=O)N3C(C(=O)O)=C(CI)CS[C@H]23)ns1. The molecule has 3 rings (SSSR count). The minimum absolute atomic E-state index is 0.0417. The van der Waals surface area contributed by atoms with Gasteiger partial charge in [-0.1, -0.05) is 27.7 Å². The Balaban J connectivity index is 1.79. The summed E-state index contributed by atoms with van der Waals surface area (Å²) < 4.78 is 4.30. The molecule has 1 fully saturated rings. The second-order valence-corrected chi connectivity index (χ2v) is 8.47. The first-order chi connectivity index (χ1) is 14.2. The molecule has 1 saturated heterocycles. The zero-order chi connectivity index (χ0) is 22.0. The van der Waals surface area contributed by atoms with Gasteiger partial charge in [0.1, 0.15) is 17.1 Å². The van der Waals surface area contributed by atoms with Crippen LogP contribution >= 0.6 is 45.9 Å². The molecule has 5 N–H and O–H groups in total. The van der Waals surface area contributed by atoms with Crippen molar-refractivity contribution in [3.63, 3.8) is 0 Å². The highest BCUT2D eigenvalue weighted by atomic mass is 127. The van der Waals surface area contributed by atoms with Gasteiger partial charge >= 0.3 is 11.9 Å². The summed E-state index contributed by atoms with van der Waals surface area (Å²) in [5, 5.41) is 23.5. The number of alkyl halides is 1. The summed E-state index contributed by atoms with van der Waals surface area (Å²) in [6, 6.07) is -1.01. The molecule has 3 heterocycles. The lowest BCUT2D eigenvalue weighted by molar-refractivity contribution is -0.150. The molecular weight excluding hydrogens is 555 g/mol. The van der Waals surface area contributed by atoms with E-state index in [4.69, 9.17) is 10.8 Å². The zero-order valence-corrected chi connectivity index (χ0v) is 18.6. The van der Waals surface area contributed by atoms with Crippen LogP contribution in [0.2, 0.25) is 0 Å². The molecule has 0 unspecified atom stereocenters. The number of nitrogen functional groups attached to an aromatic ring is 1. The maximum atomic E-state index is 12.7. The number of halogens is 1. The van der Waals surface area contributed by atoms with Crippen molar-refractivity contribution in [3.8, 4) is 0 Å². The quantitative estimate of drug-likeness (QED) is 0.0997. The molecule has 2 aliphatic heterocycles. The van der Waals surface area contributed by atoms with Crippen LogP contribution in [0, 0.1) is 0 Å². The molecule has 13 nitrogen and oxygen atoms in total. The van der Waals surface area contributed by atoms with Crippen LogP contribution < -0.4 is 11.1 Å². The van der Waals surface area contributed by atoms with Gasteiger partial charge in [-0.3, -0.25) is 14.5 Å². The van der Waals surface area contributed by atoms with E-state index in [1.165, 1.54) is 11.8 Å². The molecule has 160 valence electrons. The van der Waals surface area contributed by atoms with Crippen molar-refractivity contribution in [1.82, 2.24) is 19.6 Å². The Labute approximate surface area is 190 Å². The first kappa shape index (κ1) is 22.2. The summed E-state index contributed by atoms with van der Waals surface area (Å²) in [4.78, 5) is 57.0. The number of amides is 2. The fraction of sp³-hybridized carbons (Fsp3) is 0.357. The third kappa shape index (κ3) is 4.33. The molecule has 0 saturated carbocycles. The van der Waals surface area contributed by atoms with E-state index < -0.39 is 47.5 Å². The Kier molecular flexibility index (Phi) is 6.76. The number of carboxylic acid groups (broad SMARTS) is 2. The number of hydrogen-bond acceptors (Lipinski definition) is 11. The van der Waals surface area contributed by atoms with Gasteiger partial charge in [-0.05, 0) is 5.57 Å². The molecule has 0 bridgehead atoms. The van der Waals surface area contributed by atoms with Gasteiger partial charge in [0.2, 0.25) is 18.1 Å². The van der Waals surface area contributed by atoms with Crippen molar-refractivity contribution < 1.29 is 34.2 Å². The zero-order valence-electron chi connectivity index (χ0n) is 14.8. The number of fused-ring (bicyclic) bond motifs is 1. The largest absolute Gasteiger partial charge is 0.479 e. The molecule has 2 atom stereocenters. The number of hydrogen-bond donors (Lipinski definition) is 4. The van der Waals surface area contributed by atoms with Crippen molar-refractivity contribution in [2.45, 2.75) is 11.4 Å². The van der Waals surface area contributed by atoms with Crippen LogP contribution in [0.15, 0.2) is 16.4 Å². The molecule has 16 heteroatoms. The van der Waals surface area contributed by atoms with Gasteiger partial charge < -0.3 is 26.1 Å². The number of nitrogens with two attached hydrogens (primary N) is 1. The summed E-state index contributed by atoms with van der Waals surface area (Å²) in [6.07, 6.45) is 0. The maximum Gasteiger partial charge on any atom is 0.352 e. The highest BCUT2D eigenvalue weighted by Gasteiger charge is 2.54. The Morgan fingerprint density at radius 2 is 2.13 bits per heavy atom. The number of carbonyl (C=O) groups excluding carboxylic acids is 2. The van der Waals surface area contributed by atoms with Crippen molar-refractivity contribution in [3.05, 3.63) is 17.1 Å². The summed E-state index contributed by atoms with van der Waals surface area (Å²) >= 11 is 4.13. The Morgan fingerprint density at radius 3 is 2.70 bits per heavy atom. The van der Waals surface area contributed by atoms with Crippen molar-refractivity contribution >= 4 is 80.5 Å². The first-order valence-electron chi connectivity index (χ1n) is 8.02. The fourth-order valence-corrected chi connectivity index (χ4v) is 5.44.